The highest BCUT2D eigenvalue weighted by Gasteiger charge is 2.10. The first kappa shape index (κ1) is 10.2. The Morgan fingerprint density at radius 2 is 2.23 bits per heavy atom. The van der Waals surface area contributed by atoms with Crippen molar-refractivity contribution in [3.63, 3.8) is 0 Å². The third-order valence-electron chi connectivity index (χ3n) is 1.95. The van der Waals surface area contributed by atoms with E-state index in [4.69, 9.17) is 4.74 Å². The average molecular weight is 202 g/mol. The van der Waals surface area contributed by atoms with Gasteiger partial charge in [-0.05, 0) is 12.1 Å². The summed E-state index contributed by atoms with van der Waals surface area (Å²) in [6.07, 6.45) is 0. The van der Waals surface area contributed by atoms with E-state index >= 15 is 0 Å². The second-order valence-corrected chi connectivity index (χ2v) is 2.78. The van der Waals surface area contributed by atoms with Gasteiger partial charge in [-0.25, -0.2) is 0 Å². The standard InChI is InChI=1S/C9H11NO2.ClH/c11-8-2-1-3-9-7(8)6-10-4-5-12-9;/h1-3,10-11H,4-6H2;1H. The molecule has 4 heteroatoms. The molecule has 3 nitrogen and oxygen atoms in total. The van der Waals surface area contributed by atoms with E-state index in [2.05, 4.69) is 5.32 Å². The van der Waals surface area contributed by atoms with Gasteiger partial charge in [-0.2, -0.15) is 0 Å². The number of benzene rings is 1. The Morgan fingerprint density at radius 1 is 1.38 bits per heavy atom. The fourth-order valence-electron chi connectivity index (χ4n) is 1.31. The fourth-order valence-corrected chi connectivity index (χ4v) is 1.31. The minimum absolute atomic E-state index is 0. The van der Waals surface area contributed by atoms with E-state index in [0.29, 0.717) is 18.9 Å². The number of aromatic hydroxyl groups is 1. The number of hydrogen-bond acceptors (Lipinski definition) is 3. The number of ether oxygens (including phenoxy) is 1. The number of halogens is 1. The first-order valence-corrected chi connectivity index (χ1v) is 4.02. The summed E-state index contributed by atoms with van der Waals surface area (Å²) < 4.78 is 5.41. The lowest BCUT2D eigenvalue weighted by molar-refractivity contribution is 0.324. The molecule has 0 atom stereocenters. The van der Waals surface area contributed by atoms with Crippen molar-refractivity contribution in [1.29, 1.82) is 0 Å². The Morgan fingerprint density at radius 3 is 3.08 bits per heavy atom. The van der Waals surface area contributed by atoms with E-state index in [9.17, 15) is 5.11 Å². The van der Waals surface area contributed by atoms with Crippen LogP contribution in [-0.2, 0) is 6.54 Å². The summed E-state index contributed by atoms with van der Waals surface area (Å²) in [4.78, 5) is 0. The molecule has 0 bridgehead atoms. The van der Waals surface area contributed by atoms with Gasteiger partial charge in [0.05, 0.1) is 0 Å². The summed E-state index contributed by atoms with van der Waals surface area (Å²) in [5.74, 6) is 1.10. The molecular formula is C9H12ClNO2. The molecule has 1 aromatic rings. The van der Waals surface area contributed by atoms with E-state index in [1.54, 1.807) is 12.1 Å². The van der Waals surface area contributed by atoms with Gasteiger partial charge in [-0.3, -0.25) is 0 Å². The van der Waals surface area contributed by atoms with Crippen molar-refractivity contribution in [2.75, 3.05) is 13.2 Å². The van der Waals surface area contributed by atoms with Gasteiger partial charge in [0.15, 0.2) is 0 Å². The average Bonchev–Trinajstić information content (AvgIpc) is 2.30. The molecule has 0 aliphatic carbocycles. The molecule has 0 unspecified atom stereocenters. The molecule has 1 aromatic carbocycles. The normalized spacial score (nSPS) is 14.8. The fraction of sp³-hybridized carbons (Fsp3) is 0.333. The van der Waals surface area contributed by atoms with Gasteiger partial charge in [-0.15, -0.1) is 12.4 Å². The molecule has 0 saturated carbocycles. The predicted molar refractivity (Wildman–Crippen MR) is 52.6 cm³/mol. The molecule has 0 aromatic heterocycles. The third-order valence-corrected chi connectivity index (χ3v) is 1.95. The largest absolute Gasteiger partial charge is 0.507 e. The number of nitrogens with one attached hydrogen (secondary N) is 1. The lowest BCUT2D eigenvalue weighted by atomic mass is 10.2. The Labute approximate surface area is 83.1 Å². The highest BCUT2D eigenvalue weighted by molar-refractivity contribution is 5.85. The molecule has 0 saturated heterocycles. The van der Waals surface area contributed by atoms with Gasteiger partial charge in [0, 0.05) is 18.7 Å². The molecule has 0 amide bonds. The topological polar surface area (TPSA) is 41.5 Å². The molecule has 1 heterocycles. The van der Waals surface area contributed by atoms with Crippen LogP contribution in [0, 0.1) is 0 Å². The second-order valence-electron chi connectivity index (χ2n) is 2.78. The van der Waals surface area contributed by atoms with E-state index in [0.717, 1.165) is 17.9 Å². The Balaban J connectivity index is 0.000000845. The molecule has 2 rings (SSSR count). The van der Waals surface area contributed by atoms with Crippen molar-refractivity contribution in [2.24, 2.45) is 0 Å². The lowest BCUT2D eigenvalue weighted by Crippen LogP contribution is -2.16. The lowest BCUT2D eigenvalue weighted by Gasteiger charge is -2.06. The van der Waals surface area contributed by atoms with Crippen LogP contribution >= 0.6 is 12.4 Å². The number of hydrogen-bond donors (Lipinski definition) is 2. The van der Waals surface area contributed by atoms with Gasteiger partial charge < -0.3 is 15.2 Å². The van der Waals surface area contributed by atoms with Crippen LogP contribution in [0.25, 0.3) is 0 Å². The molecule has 13 heavy (non-hydrogen) atoms. The maximum absolute atomic E-state index is 9.46. The zero-order valence-electron chi connectivity index (χ0n) is 7.12. The van der Waals surface area contributed by atoms with Crippen molar-refractivity contribution < 1.29 is 9.84 Å². The molecular weight excluding hydrogens is 190 g/mol. The van der Waals surface area contributed by atoms with Crippen molar-refractivity contribution in [3.8, 4) is 11.5 Å². The Bertz CT molecular complexity index is 291. The summed E-state index contributed by atoms with van der Waals surface area (Å²) in [5, 5.41) is 12.6. The number of fused-ring (bicyclic) bond motifs is 1. The minimum Gasteiger partial charge on any atom is -0.507 e. The first-order chi connectivity index (χ1) is 5.88. The van der Waals surface area contributed by atoms with E-state index < -0.39 is 0 Å². The van der Waals surface area contributed by atoms with E-state index in [1.165, 1.54) is 0 Å². The van der Waals surface area contributed by atoms with Crippen molar-refractivity contribution in [2.45, 2.75) is 6.54 Å². The van der Waals surface area contributed by atoms with Crippen LogP contribution in [0.2, 0.25) is 0 Å². The van der Waals surface area contributed by atoms with Crippen LogP contribution < -0.4 is 10.1 Å². The van der Waals surface area contributed by atoms with Crippen LogP contribution in [0.5, 0.6) is 11.5 Å². The quantitative estimate of drug-likeness (QED) is 0.665. The number of phenols is 1. The van der Waals surface area contributed by atoms with Crippen LogP contribution in [-0.4, -0.2) is 18.3 Å². The molecule has 72 valence electrons. The molecule has 1 aliphatic heterocycles. The molecule has 1 aliphatic rings. The maximum Gasteiger partial charge on any atom is 0.127 e. The summed E-state index contributed by atoms with van der Waals surface area (Å²) in [5.41, 5.74) is 0.856. The highest BCUT2D eigenvalue weighted by Crippen LogP contribution is 2.27. The van der Waals surface area contributed by atoms with Crippen LogP contribution in [0.4, 0.5) is 0 Å². The van der Waals surface area contributed by atoms with Gasteiger partial charge in [0.1, 0.15) is 18.1 Å². The van der Waals surface area contributed by atoms with Crippen LogP contribution in [0.1, 0.15) is 5.56 Å². The van der Waals surface area contributed by atoms with Gasteiger partial charge >= 0.3 is 0 Å². The third kappa shape index (κ3) is 2.05. The number of rotatable bonds is 0. The van der Waals surface area contributed by atoms with E-state index in [1.807, 2.05) is 6.07 Å². The SMILES string of the molecule is Cl.Oc1cccc2c1CNCCO2. The summed E-state index contributed by atoms with van der Waals surface area (Å²) in [6, 6.07) is 5.34. The predicted octanol–water partition coefficient (Wildman–Crippen LogP) is 1.30. The smallest absolute Gasteiger partial charge is 0.127 e. The van der Waals surface area contributed by atoms with Crippen LogP contribution in [0.15, 0.2) is 18.2 Å². The molecule has 0 spiro atoms. The first-order valence-electron chi connectivity index (χ1n) is 4.02. The molecule has 0 fully saturated rings. The van der Waals surface area contributed by atoms with Crippen LogP contribution in [0.3, 0.4) is 0 Å². The van der Waals surface area contributed by atoms with Gasteiger partial charge in [0.2, 0.25) is 0 Å². The summed E-state index contributed by atoms with van der Waals surface area (Å²) in [7, 11) is 0. The zero-order valence-corrected chi connectivity index (χ0v) is 7.93. The van der Waals surface area contributed by atoms with E-state index in [-0.39, 0.29) is 12.4 Å². The Hall–Kier alpha value is -0.930. The zero-order chi connectivity index (χ0) is 8.39. The number of phenolic OH excluding ortho intramolecular Hbond substituents is 1. The van der Waals surface area contributed by atoms with Crippen molar-refractivity contribution in [1.82, 2.24) is 5.32 Å². The Kier molecular flexibility index (Phi) is 3.39. The summed E-state index contributed by atoms with van der Waals surface area (Å²) >= 11 is 0. The van der Waals surface area contributed by atoms with Gasteiger partial charge in [0.25, 0.3) is 0 Å². The second kappa shape index (κ2) is 4.35. The molecule has 0 radical (unpaired) electrons. The monoisotopic (exact) mass is 201 g/mol. The molecule has 2 N–H and O–H groups in total. The van der Waals surface area contributed by atoms with Crippen molar-refractivity contribution in [3.05, 3.63) is 23.8 Å². The maximum atomic E-state index is 9.46. The minimum atomic E-state index is 0. The summed E-state index contributed by atoms with van der Waals surface area (Å²) in [6.45, 7) is 2.17. The van der Waals surface area contributed by atoms with Gasteiger partial charge in [-0.1, -0.05) is 6.07 Å². The highest BCUT2D eigenvalue weighted by atomic mass is 35.5. The van der Waals surface area contributed by atoms with Crippen molar-refractivity contribution >= 4 is 12.4 Å².